The van der Waals surface area contributed by atoms with Crippen molar-refractivity contribution in [2.45, 2.75) is 38.8 Å². The third-order valence-corrected chi connectivity index (χ3v) is 4.19. The Labute approximate surface area is 106 Å². The molecule has 1 aliphatic carbocycles. The van der Waals surface area contributed by atoms with Crippen LogP contribution in [-0.2, 0) is 4.79 Å². The SMILES string of the molecule is CC(C)C(NC(c1cccs1)C1CC1)C(=O)O. The van der Waals surface area contributed by atoms with Gasteiger partial charge in [0.25, 0.3) is 0 Å². The summed E-state index contributed by atoms with van der Waals surface area (Å²) in [6.45, 7) is 3.90. The van der Waals surface area contributed by atoms with E-state index < -0.39 is 12.0 Å². The first kappa shape index (κ1) is 12.6. The summed E-state index contributed by atoms with van der Waals surface area (Å²) in [7, 11) is 0. The average molecular weight is 253 g/mol. The van der Waals surface area contributed by atoms with Crippen molar-refractivity contribution in [3.8, 4) is 0 Å². The highest BCUT2D eigenvalue weighted by Gasteiger charge is 2.36. The molecule has 2 unspecified atom stereocenters. The monoisotopic (exact) mass is 253 g/mol. The second-order valence-corrected chi connectivity index (χ2v) is 6.04. The molecule has 1 aliphatic rings. The molecule has 1 heterocycles. The number of carboxylic acid groups (broad SMARTS) is 1. The Balaban J connectivity index is 2.09. The van der Waals surface area contributed by atoms with Crippen molar-refractivity contribution in [1.82, 2.24) is 5.32 Å². The molecule has 0 amide bonds. The second kappa shape index (κ2) is 5.19. The molecule has 3 nitrogen and oxygen atoms in total. The van der Waals surface area contributed by atoms with Gasteiger partial charge in [0, 0.05) is 10.9 Å². The van der Waals surface area contributed by atoms with Crippen LogP contribution in [0.5, 0.6) is 0 Å². The molecular weight excluding hydrogens is 234 g/mol. The molecule has 1 fully saturated rings. The highest BCUT2D eigenvalue weighted by molar-refractivity contribution is 7.10. The number of nitrogens with one attached hydrogen (secondary N) is 1. The number of carbonyl (C=O) groups is 1. The molecule has 2 atom stereocenters. The molecule has 4 heteroatoms. The lowest BCUT2D eigenvalue weighted by Gasteiger charge is -2.24. The maximum atomic E-state index is 11.2. The number of carboxylic acids is 1. The second-order valence-electron chi connectivity index (χ2n) is 5.06. The summed E-state index contributed by atoms with van der Waals surface area (Å²) in [6, 6.07) is 3.89. The number of hydrogen-bond acceptors (Lipinski definition) is 3. The fourth-order valence-corrected chi connectivity index (χ4v) is 2.97. The van der Waals surface area contributed by atoms with Gasteiger partial charge in [-0.2, -0.15) is 0 Å². The van der Waals surface area contributed by atoms with E-state index in [1.807, 2.05) is 19.9 Å². The summed E-state index contributed by atoms with van der Waals surface area (Å²) >= 11 is 1.71. The molecule has 1 aromatic heterocycles. The number of thiophene rings is 1. The summed E-state index contributed by atoms with van der Waals surface area (Å²) in [4.78, 5) is 12.5. The smallest absolute Gasteiger partial charge is 0.320 e. The van der Waals surface area contributed by atoms with Gasteiger partial charge in [-0.25, -0.2) is 0 Å². The van der Waals surface area contributed by atoms with Gasteiger partial charge in [-0.3, -0.25) is 10.1 Å². The van der Waals surface area contributed by atoms with E-state index in [1.54, 1.807) is 11.3 Å². The highest BCUT2D eigenvalue weighted by atomic mass is 32.1. The molecular formula is C13H19NO2S. The van der Waals surface area contributed by atoms with Gasteiger partial charge in [0.1, 0.15) is 6.04 Å². The Morgan fingerprint density at radius 2 is 2.24 bits per heavy atom. The maximum Gasteiger partial charge on any atom is 0.320 e. The van der Waals surface area contributed by atoms with Gasteiger partial charge in [-0.05, 0) is 36.1 Å². The third-order valence-electron chi connectivity index (χ3n) is 3.23. The number of aliphatic carboxylic acids is 1. The Morgan fingerprint density at radius 3 is 2.65 bits per heavy atom. The van der Waals surface area contributed by atoms with Crippen LogP contribution in [-0.4, -0.2) is 17.1 Å². The molecule has 0 aromatic carbocycles. The van der Waals surface area contributed by atoms with E-state index in [-0.39, 0.29) is 12.0 Å². The molecule has 94 valence electrons. The van der Waals surface area contributed by atoms with Crippen LogP contribution >= 0.6 is 11.3 Å². The summed E-state index contributed by atoms with van der Waals surface area (Å²) in [6.07, 6.45) is 2.42. The molecule has 0 saturated heterocycles. The topological polar surface area (TPSA) is 49.3 Å². The van der Waals surface area contributed by atoms with Crippen LogP contribution in [0.1, 0.15) is 37.6 Å². The Morgan fingerprint density at radius 1 is 1.53 bits per heavy atom. The maximum absolute atomic E-state index is 11.2. The van der Waals surface area contributed by atoms with Crippen LogP contribution in [0.3, 0.4) is 0 Å². The molecule has 1 aromatic rings. The van der Waals surface area contributed by atoms with Crippen LogP contribution in [0, 0.1) is 11.8 Å². The van der Waals surface area contributed by atoms with Gasteiger partial charge in [0.05, 0.1) is 0 Å². The van der Waals surface area contributed by atoms with E-state index in [9.17, 15) is 9.90 Å². The predicted molar refractivity (Wildman–Crippen MR) is 69.2 cm³/mol. The van der Waals surface area contributed by atoms with Gasteiger partial charge < -0.3 is 5.11 Å². The fourth-order valence-electron chi connectivity index (χ4n) is 2.09. The largest absolute Gasteiger partial charge is 0.480 e. The number of rotatable bonds is 6. The van der Waals surface area contributed by atoms with Crippen LogP contribution < -0.4 is 5.32 Å². The van der Waals surface area contributed by atoms with Crippen molar-refractivity contribution >= 4 is 17.3 Å². The summed E-state index contributed by atoms with van der Waals surface area (Å²) < 4.78 is 0. The van der Waals surface area contributed by atoms with Gasteiger partial charge in [0.2, 0.25) is 0 Å². The molecule has 0 bridgehead atoms. The minimum Gasteiger partial charge on any atom is -0.480 e. The normalized spacial score (nSPS) is 19.2. The average Bonchev–Trinajstić information content (AvgIpc) is 2.93. The van der Waals surface area contributed by atoms with Crippen LogP contribution in [0.15, 0.2) is 17.5 Å². The van der Waals surface area contributed by atoms with Crippen LogP contribution in [0.4, 0.5) is 0 Å². The van der Waals surface area contributed by atoms with Gasteiger partial charge >= 0.3 is 5.97 Å². The third kappa shape index (κ3) is 3.07. The zero-order valence-corrected chi connectivity index (χ0v) is 11.0. The molecule has 17 heavy (non-hydrogen) atoms. The lowest BCUT2D eigenvalue weighted by atomic mass is 10.0. The highest BCUT2D eigenvalue weighted by Crippen LogP contribution is 2.42. The molecule has 1 saturated carbocycles. The molecule has 2 N–H and O–H groups in total. The van der Waals surface area contributed by atoms with E-state index in [1.165, 1.54) is 17.7 Å². The molecule has 0 aliphatic heterocycles. The van der Waals surface area contributed by atoms with Gasteiger partial charge in [-0.1, -0.05) is 19.9 Å². The zero-order valence-electron chi connectivity index (χ0n) is 10.2. The summed E-state index contributed by atoms with van der Waals surface area (Å²) in [5.74, 6) is -0.0230. The molecule has 2 rings (SSSR count). The Kier molecular flexibility index (Phi) is 3.84. The fraction of sp³-hybridized carbons (Fsp3) is 0.615. The predicted octanol–water partition coefficient (Wildman–Crippen LogP) is 2.90. The van der Waals surface area contributed by atoms with Crippen LogP contribution in [0.2, 0.25) is 0 Å². The first-order valence-electron chi connectivity index (χ1n) is 6.12. The minimum atomic E-state index is -0.748. The van der Waals surface area contributed by atoms with Gasteiger partial charge in [0.15, 0.2) is 0 Å². The Bertz CT molecular complexity index is 371. The van der Waals surface area contributed by atoms with E-state index >= 15 is 0 Å². The molecule has 0 radical (unpaired) electrons. The van der Waals surface area contributed by atoms with Crippen molar-refractivity contribution in [2.75, 3.05) is 0 Å². The number of hydrogen-bond donors (Lipinski definition) is 2. The lowest BCUT2D eigenvalue weighted by molar-refractivity contribution is -0.141. The Hall–Kier alpha value is -0.870. The van der Waals surface area contributed by atoms with E-state index in [2.05, 4.69) is 16.8 Å². The molecule has 0 spiro atoms. The van der Waals surface area contributed by atoms with E-state index in [0.29, 0.717) is 5.92 Å². The first-order chi connectivity index (χ1) is 8.09. The van der Waals surface area contributed by atoms with Crippen molar-refractivity contribution in [1.29, 1.82) is 0 Å². The first-order valence-corrected chi connectivity index (χ1v) is 7.00. The van der Waals surface area contributed by atoms with Crippen molar-refractivity contribution in [2.24, 2.45) is 11.8 Å². The zero-order chi connectivity index (χ0) is 12.4. The quantitative estimate of drug-likeness (QED) is 0.819. The minimum absolute atomic E-state index is 0.105. The van der Waals surface area contributed by atoms with E-state index in [4.69, 9.17) is 0 Å². The van der Waals surface area contributed by atoms with E-state index in [0.717, 1.165) is 0 Å². The van der Waals surface area contributed by atoms with Crippen molar-refractivity contribution in [3.63, 3.8) is 0 Å². The van der Waals surface area contributed by atoms with Crippen molar-refractivity contribution in [3.05, 3.63) is 22.4 Å². The van der Waals surface area contributed by atoms with Crippen LogP contribution in [0.25, 0.3) is 0 Å². The standard InChI is InChI=1S/C13H19NO2S/c1-8(2)11(13(15)16)14-12(9-5-6-9)10-4-3-7-17-10/h3-4,7-9,11-12,14H,5-6H2,1-2H3,(H,15,16). The lowest BCUT2D eigenvalue weighted by Crippen LogP contribution is -2.43. The van der Waals surface area contributed by atoms with Crippen molar-refractivity contribution < 1.29 is 9.90 Å². The van der Waals surface area contributed by atoms with Gasteiger partial charge in [-0.15, -0.1) is 11.3 Å². The summed E-state index contributed by atoms with van der Waals surface area (Å²) in [5, 5.41) is 14.6. The summed E-state index contributed by atoms with van der Waals surface area (Å²) in [5.41, 5.74) is 0.